The highest BCUT2D eigenvalue weighted by atomic mass is 32.1. The molecule has 4 nitrogen and oxygen atoms in total. The van der Waals surface area contributed by atoms with Crippen LogP contribution < -0.4 is 5.32 Å². The number of nitrogens with zero attached hydrogens (tertiary/aromatic N) is 2. The van der Waals surface area contributed by atoms with Crippen LogP contribution in [0.2, 0.25) is 0 Å². The largest absolute Gasteiger partial charge is 0.298 e. The molecule has 0 bridgehead atoms. The first-order valence-electron chi connectivity index (χ1n) is 11.6. The number of benzene rings is 4. The molecular formula is C31H21N3OS. The summed E-state index contributed by atoms with van der Waals surface area (Å²) in [6, 6.07) is 39.7. The Hall–Kier alpha value is -4.61. The van der Waals surface area contributed by atoms with Crippen molar-refractivity contribution in [1.29, 1.82) is 0 Å². The molecule has 0 spiro atoms. The molecule has 0 radical (unpaired) electrons. The fourth-order valence-corrected chi connectivity index (χ4v) is 5.22. The van der Waals surface area contributed by atoms with Gasteiger partial charge >= 0.3 is 0 Å². The van der Waals surface area contributed by atoms with Gasteiger partial charge in [0.2, 0.25) is 0 Å². The third-order valence-electron chi connectivity index (χ3n) is 5.96. The van der Waals surface area contributed by atoms with Crippen LogP contribution in [0.4, 0.5) is 5.13 Å². The smallest absolute Gasteiger partial charge is 0.258 e. The number of para-hydroxylation sites is 1. The first-order valence-corrected chi connectivity index (χ1v) is 12.5. The topological polar surface area (TPSA) is 54.9 Å². The summed E-state index contributed by atoms with van der Waals surface area (Å²) in [5, 5.41) is 4.43. The summed E-state index contributed by atoms with van der Waals surface area (Å²) in [5.41, 5.74) is 5.99. The lowest BCUT2D eigenvalue weighted by atomic mass is 10.0. The Morgan fingerprint density at radius 1 is 0.639 bits per heavy atom. The summed E-state index contributed by atoms with van der Waals surface area (Å²) < 4.78 is 0. The highest BCUT2D eigenvalue weighted by molar-refractivity contribution is 7.19. The van der Waals surface area contributed by atoms with E-state index in [-0.39, 0.29) is 5.91 Å². The molecule has 6 aromatic rings. The van der Waals surface area contributed by atoms with Crippen molar-refractivity contribution in [2.75, 3.05) is 5.32 Å². The number of rotatable bonds is 5. The van der Waals surface area contributed by atoms with Crippen LogP contribution in [-0.4, -0.2) is 15.9 Å². The fraction of sp³-hybridized carbons (Fsp3) is 0. The maximum absolute atomic E-state index is 13.6. The van der Waals surface area contributed by atoms with Crippen LogP contribution in [0.15, 0.2) is 121 Å². The molecular weight excluding hydrogens is 462 g/mol. The van der Waals surface area contributed by atoms with Crippen molar-refractivity contribution in [3.63, 3.8) is 0 Å². The van der Waals surface area contributed by atoms with E-state index in [4.69, 9.17) is 9.97 Å². The van der Waals surface area contributed by atoms with Crippen LogP contribution in [-0.2, 0) is 0 Å². The van der Waals surface area contributed by atoms with Gasteiger partial charge < -0.3 is 0 Å². The Morgan fingerprint density at radius 2 is 1.22 bits per heavy atom. The molecule has 0 unspecified atom stereocenters. The molecule has 36 heavy (non-hydrogen) atoms. The van der Waals surface area contributed by atoms with E-state index in [1.165, 1.54) is 11.3 Å². The molecule has 0 aliphatic heterocycles. The van der Waals surface area contributed by atoms with Crippen LogP contribution in [0.3, 0.4) is 0 Å². The summed E-state index contributed by atoms with van der Waals surface area (Å²) in [4.78, 5) is 24.3. The van der Waals surface area contributed by atoms with Gasteiger partial charge in [-0.3, -0.25) is 10.1 Å². The minimum Gasteiger partial charge on any atom is -0.298 e. The predicted octanol–water partition coefficient (Wildman–Crippen LogP) is 7.94. The van der Waals surface area contributed by atoms with Gasteiger partial charge in [0.15, 0.2) is 5.13 Å². The van der Waals surface area contributed by atoms with Crippen LogP contribution in [0, 0.1) is 0 Å². The lowest BCUT2D eigenvalue weighted by Crippen LogP contribution is -2.13. The van der Waals surface area contributed by atoms with Gasteiger partial charge in [-0.1, -0.05) is 121 Å². The number of amides is 1. The SMILES string of the molecule is O=C(Nc1nc(-c2ccccc2)c(-c2ccccc2)s1)c1cc(-c2ccccc2)nc2ccccc12. The lowest BCUT2D eigenvalue weighted by molar-refractivity contribution is 0.102. The van der Waals surface area contributed by atoms with Crippen molar-refractivity contribution < 1.29 is 4.79 Å². The Morgan fingerprint density at radius 3 is 1.92 bits per heavy atom. The molecule has 0 saturated carbocycles. The van der Waals surface area contributed by atoms with E-state index in [1.807, 2.05) is 109 Å². The molecule has 5 heteroatoms. The molecule has 0 fully saturated rings. The molecule has 0 aliphatic carbocycles. The Balaban J connectivity index is 1.42. The molecule has 1 N–H and O–H groups in total. The highest BCUT2D eigenvalue weighted by Gasteiger charge is 2.19. The number of fused-ring (bicyclic) bond motifs is 1. The van der Waals surface area contributed by atoms with Gasteiger partial charge in [0.25, 0.3) is 5.91 Å². The van der Waals surface area contributed by atoms with E-state index in [0.29, 0.717) is 10.7 Å². The number of hydrogen-bond donors (Lipinski definition) is 1. The zero-order valence-corrected chi connectivity index (χ0v) is 20.1. The first kappa shape index (κ1) is 21.9. The van der Waals surface area contributed by atoms with E-state index in [1.54, 1.807) is 0 Å². The molecule has 4 aromatic carbocycles. The molecule has 0 saturated heterocycles. The van der Waals surface area contributed by atoms with Crippen molar-refractivity contribution in [3.8, 4) is 33.0 Å². The quantitative estimate of drug-likeness (QED) is 0.271. The Kier molecular flexibility index (Phi) is 5.82. The molecule has 6 rings (SSSR count). The third-order valence-corrected chi connectivity index (χ3v) is 6.98. The van der Waals surface area contributed by atoms with E-state index in [0.717, 1.165) is 43.9 Å². The molecule has 0 atom stereocenters. The monoisotopic (exact) mass is 483 g/mol. The number of thiazole rings is 1. The normalized spacial score (nSPS) is 10.9. The fourth-order valence-electron chi connectivity index (χ4n) is 4.23. The summed E-state index contributed by atoms with van der Waals surface area (Å²) >= 11 is 1.48. The second kappa shape index (κ2) is 9.56. The van der Waals surface area contributed by atoms with Gasteiger partial charge in [-0.25, -0.2) is 9.97 Å². The molecule has 2 heterocycles. The highest BCUT2D eigenvalue weighted by Crippen LogP contribution is 2.39. The summed E-state index contributed by atoms with van der Waals surface area (Å²) in [5.74, 6) is -0.209. The predicted molar refractivity (Wildman–Crippen MR) is 148 cm³/mol. The maximum atomic E-state index is 13.6. The Labute approximate surface area is 212 Å². The van der Waals surface area contributed by atoms with Crippen LogP contribution in [0.5, 0.6) is 0 Å². The number of pyridine rings is 1. The average Bonchev–Trinajstić information content (AvgIpc) is 3.37. The van der Waals surface area contributed by atoms with Crippen LogP contribution in [0.25, 0.3) is 43.9 Å². The average molecular weight is 484 g/mol. The Bertz CT molecular complexity index is 1610. The summed E-state index contributed by atoms with van der Waals surface area (Å²) in [7, 11) is 0. The van der Waals surface area contributed by atoms with Gasteiger partial charge in [0.05, 0.1) is 27.3 Å². The minimum absolute atomic E-state index is 0.209. The van der Waals surface area contributed by atoms with Crippen molar-refractivity contribution in [2.45, 2.75) is 0 Å². The van der Waals surface area contributed by atoms with E-state index < -0.39 is 0 Å². The zero-order valence-electron chi connectivity index (χ0n) is 19.3. The van der Waals surface area contributed by atoms with Crippen LogP contribution >= 0.6 is 11.3 Å². The van der Waals surface area contributed by atoms with Crippen LogP contribution in [0.1, 0.15) is 10.4 Å². The number of carbonyl (C=O) groups is 1. The molecule has 0 aliphatic rings. The minimum atomic E-state index is -0.209. The summed E-state index contributed by atoms with van der Waals surface area (Å²) in [6.07, 6.45) is 0. The van der Waals surface area contributed by atoms with E-state index in [2.05, 4.69) is 17.4 Å². The van der Waals surface area contributed by atoms with E-state index in [9.17, 15) is 4.79 Å². The second-order valence-corrected chi connectivity index (χ2v) is 9.32. The maximum Gasteiger partial charge on any atom is 0.258 e. The molecule has 172 valence electrons. The van der Waals surface area contributed by atoms with Gasteiger partial charge in [-0.05, 0) is 17.7 Å². The van der Waals surface area contributed by atoms with Gasteiger partial charge in [0.1, 0.15) is 0 Å². The second-order valence-electron chi connectivity index (χ2n) is 8.32. The standard InChI is InChI=1S/C31H21N3OS/c35-30(25-20-27(21-12-4-1-5-13-21)32-26-19-11-10-18-24(25)26)34-31-33-28(22-14-6-2-7-15-22)29(36-31)23-16-8-3-9-17-23/h1-20H,(H,33,34,35). The number of hydrogen-bond acceptors (Lipinski definition) is 4. The van der Waals surface area contributed by atoms with Gasteiger partial charge in [-0.2, -0.15) is 0 Å². The van der Waals surface area contributed by atoms with Gasteiger partial charge in [-0.15, -0.1) is 0 Å². The number of aromatic nitrogens is 2. The number of anilines is 1. The van der Waals surface area contributed by atoms with Crippen molar-refractivity contribution in [1.82, 2.24) is 9.97 Å². The zero-order chi connectivity index (χ0) is 24.3. The van der Waals surface area contributed by atoms with E-state index >= 15 is 0 Å². The number of carbonyl (C=O) groups excluding carboxylic acids is 1. The van der Waals surface area contributed by atoms with Crippen molar-refractivity contribution >= 4 is 33.3 Å². The summed E-state index contributed by atoms with van der Waals surface area (Å²) in [6.45, 7) is 0. The van der Waals surface area contributed by atoms with Crippen molar-refractivity contribution in [3.05, 3.63) is 127 Å². The number of nitrogens with one attached hydrogen (secondary N) is 1. The van der Waals surface area contributed by atoms with Gasteiger partial charge in [0, 0.05) is 16.5 Å². The molecule has 2 aromatic heterocycles. The first-order chi connectivity index (χ1) is 17.8. The van der Waals surface area contributed by atoms with Crippen molar-refractivity contribution in [2.24, 2.45) is 0 Å². The third kappa shape index (κ3) is 4.28. The molecule has 1 amide bonds. The lowest BCUT2D eigenvalue weighted by Gasteiger charge is -2.09.